The number of nitrogens with two attached hydrogens (primary N) is 1. The SMILES string of the molecule is CC1CC(CN)CN1C(=O)C1(c2ccc(Br)cc2)CCC1. The first-order valence-corrected chi connectivity index (χ1v) is 8.63. The summed E-state index contributed by atoms with van der Waals surface area (Å²) in [6.07, 6.45) is 4.14. The van der Waals surface area contributed by atoms with E-state index in [4.69, 9.17) is 5.73 Å². The second kappa shape index (κ2) is 5.73. The maximum absolute atomic E-state index is 13.2. The Balaban J connectivity index is 1.86. The van der Waals surface area contributed by atoms with E-state index < -0.39 is 0 Å². The summed E-state index contributed by atoms with van der Waals surface area (Å²) >= 11 is 3.47. The number of hydrogen-bond acceptors (Lipinski definition) is 2. The van der Waals surface area contributed by atoms with Gasteiger partial charge in [0.1, 0.15) is 0 Å². The lowest BCUT2D eigenvalue weighted by molar-refractivity contribution is -0.141. The zero-order valence-corrected chi connectivity index (χ0v) is 14.1. The molecule has 2 aliphatic rings. The molecular formula is C17H23BrN2O. The molecule has 1 saturated carbocycles. The largest absolute Gasteiger partial charge is 0.339 e. The van der Waals surface area contributed by atoms with Crippen LogP contribution in [0.15, 0.2) is 28.7 Å². The molecular weight excluding hydrogens is 328 g/mol. The molecule has 1 heterocycles. The molecule has 2 atom stereocenters. The van der Waals surface area contributed by atoms with Gasteiger partial charge in [0, 0.05) is 17.1 Å². The number of amides is 1. The quantitative estimate of drug-likeness (QED) is 0.910. The van der Waals surface area contributed by atoms with Gasteiger partial charge in [-0.05, 0) is 56.3 Å². The van der Waals surface area contributed by atoms with Crippen molar-refractivity contribution < 1.29 is 4.79 Å². The van der Waals surface area contributed by atoms with Crippen LogP contribution in [0.3, 0.4) is 0 Å². The van der Waals surface area contributed by atoms with Crippen LogP contribution in [0.5, 0.6) is 0 Å². The molecule has 1 aromatic rings. The van der Waals surface area contributed by atoms with Gasteiger partial charge in [-0.2, -0.15) is 0 Å². The fraction of sp³-hybridized carbons (Fsp3) is 0.588. The number of nitrogens with zero attached hydrogens (tertiary/aromatic N) is 1. The summed E-state index contributed by atoms with van der Waals surface area (Å²) in [6, 6.07) is 8.60. The minimum Gasteiger partial charge on any atom is -0.339 e. The van der Waals surface area contributed by atoms with Crippen molar-refractivity contribution in [2.75, 3.05) is 13.1 Å². The second-order valence-electron chi connectivity index (χ2n) is 6.59. The predicted octanol–water partition coefficient (Wildman–Crippen LogP) is 3.07. The third kappa shape index (κ3) is 2.53. The minimum absolute atomic E-state index is 0.279. The van der Waals surface area contributed by atoms with Gasteiger partial charge < -0.3 is 10.6 Å². The van der Waals surface area contributed by atoms with Gasteiger partial charge in [-0.3, -0.25) is 4.79 Å². The van der Waals surface area contributed by atoms with Crippen LogP contribution in [0.1, 0.15) is 38.2 Å². The van der Waals surface area contributed by atoms with Crippen LogP contribution in [-0.4, -0.2) is 29.9 Å². The molecule has 0 bridgehead atoms. The van der Waals surface area contributed by atoms with E-state index in [0.717, 1.165) is 36.7 Å². The summed E-state index contributed by atoms with van der Waals surface area (Å²) in [5, 5.41) is 0. The summed E-state index contributed by atoms with van der Waals surface area (Å²) in [7, 11) is 0. The molecule has 1 saturated heterocycles. The maximum atomic E-state index is 13.2. The van der Waals surface area contributed by atoms with Crippen molar-refractivity contribution in [2.45, 2.75) is 44.1 Å². The zero-order chi connectivity index (χ0) is 15.0. The lowest BCUT2D eigenvalue weighted by Gasteiger charge is -2.44. The van der Waals surface area contributed by atoms with Gasteiger partial charge in [0.05, 0.1) is 5.41 Å². The highest BCUT2D eigenvalue weighted by Gasteiger charge is 2.49. The van der Waals surface area contributed by atoms with Gasteiger partial charge in [0.2, 0.25) is 5.91 Å². The van der Waals surface area contributed by atoms with Crippen LogP contribution in [0.25, 0.3) is 0 Å². The normalized spacial score (nSPS) is 27.5. The highest BCUT2D eigenvalue weighted by atomic mass is 79.9. The van der Waals surface area contributed by atoms with Gasteiger partial charge in [0.15, 0.2) is 0 Å². The molecule has 2 fully saturated rings. The van der Waals surface area contributed by atoms with Crippen LogP contribution < -0.4 is 5.73 Å². The molecule has 1 aliphatic carbocycles. The van der Waals surface area contributed by atoms with E-state index >= 15 is 0 Å². The van der Waals surface area contributed by atoms with Gasteiger partial charge in [-0.1, -0.05) is 34.5 Å². The maximum Gasteiger partial charge on any atom is 0.233 e. The van der Waals surface area contributed by atoms with E-state index in [2.05, 4.69) is 39.9 Å². The molecule has 1 aliphatic heterocycles. The Hall–Kier alpha value is -0.870. The average molecular weight is 351 g/mol. The molecule has 114 valence electrons. The average Bonchev–Trinajstić information content (AvgIpc) is 2.81. The Labute approximate surface area is 135 Å². The Kier molecular flexibility index (Phi) is 4.10. The first kappa shape index (κ1) is 15.0. The van der Waals surface area contributed by atoms with Crippen LogP contribution in [0.4, 0.5) is 0 Å². The molecule has 0 radical (unpaired) electrons. The number of hydrogen-bond donors (Lipinski definition) is 1. The predicted molar refractivity (Wildman–Crippen MR) is 88.0 cm³/mol. The summed E-state index contributed by atoms with van der Waals surface area (Å²) in [5.41, 5.74) is 6.69. The third-order valence-electron chi connectivity index (χ3n) is 5.27. The van der Waals surface area contributed by atoms with Crippen molar-refractivity contribution >= 4 is 21.8 Å². The number of carbonyl (C=O) groups excluding carboxylic acids is 1. The van der Waals surface area contributed by atoms with E-state index in [-0.39, 0.29) is 5.41 Å². The Morgan fingerprint density at radius 2 is 2.05 bits per heavy atom. The lowest BCUT2D eigenvalue weighted by Crippen LogP contribution is -2.52. The molecule has 1 aromatic carbocycles. The topological polar surface area (TPSA) is 46.3 Å². The monoisotopic (exact) mass is 350 g/mol. The van der Waals surface area contributed by atoms with E-state index in [1.54, 1.807) is 0 Å². The number of rotatable bonds is 3. The molecule has 4 heteroatoms. The number of carbonyl (C=O) groups is 1. The van der Waals surface area contributed by atoms with Gasteiger partial charge >= 0.3 is 0 Å². The van der Waals surface area contributed by atoms with E-state index in [0.29, 0.717) is 24.4 Å². The Morgan fingerprint density at radius 1 is 1.38 bits per heavy atom. The molecule has 2 unspecified atom stereocenters. The van der Waals surface area contributed by atoms with Crippen LogP contribution in [0.2, 0.25) is 0 Å². The van der Waals surface area contributed by atoms with Crippen molar-refractivity contribution in [3.05, 3.63) is 34.3 Å². The van der Waals surface area contributed by atoms with Crippen molar-refractivity contribution in [1.29, 1.82) is 0 Å². The standard InChI is InChI=1S/C17H23BrN2O/c1-12-9-13(10-19)11-20(12)16(21)17(7-2-8-17)14-3-5-15(18)6-4-14/h3-6,12-13H,2,7-11,19H2,1H3. The van der Waals surface area contributed by atoms with Crippen LogP contribution in [-0.2, 0) is 10.2 Å². The van der Waals surface area contributed by atoms with Crippen LogP contribution in [0, 0.1) is 5.92 Å². The molecule has 21 heavy (non-hydrogen) atoms. The van der Waals surface area contributed by atoms with E-state index in [1.807, 2.05) is 12.1 Å². The number of halogens is 1. The molecule has 1 amide bonds. The molecule has 3 nitrogen and oxygen atoms in total. The smallest absolute Gasteiger partial charge is 0.233 e. The fourth-order valence-electron chi connectivity index (χ4n) is 3.80. The first-order chi connectivity index (χ1) is 10.1. The second-order valence-corrected chi connectivity index (χ2v) is 7.50. The summed E-state index contributed by atoms with van der Waals surface area (Å²) in [6.45, 7) is 3.66. The lowest BCUT2D eigenvalue weighted by atomic mass is 9.63. The van der Waals surface area contributed by atoms with E-state index in [1.165, 1.54) is 5.56 Å². The Bertz CT molecular complexity index is 524. The number of likely N-dealkylation sites (tertiary alicyclic amines) is 1. The van der Waals surface area contributed by atoms with Crippen molar-refractivity contribution in [3.63, 3.8) is 0 Å². The summed E-state index contributed by atoms with van der Waals surface area (Å²) in [4.78, 5) is 15.3. The van der Waals surface area contributed by atoms with Crippen molar-refractivity contribution in [2.24, 2.45) is 11.7 Å². The van der Waals surface area contributed by atoms with Crippen molar-refractivity contribution in [3.8, 4) is 0 Å². The zero-order valence-electron chi connectivity index (χ0n) is 12.5. The van der Waals surface area contributed by atoms with Crippen molar-refractivity contribution in [1.82, 2.24) is 4.90 Å². The molecule has 2 N–H and O–H groups in total. The third-order valence-corrected chi connectivity index (χ3v) is 5.80. The fourth-order valence-corrected chi connectivity index (χ4v) is 4.06. The molecule has 3 rings (SSSR count). The Morgan fingerprint density at radius 3 is 2.52 bits per heavy atom. The molecule has 0 spiro atoms. The molecule has 0 aromatic heterocycles. The summed E-state index contributed by atoms with van der Waals surface area (Å²) in [5.74, 6) is 0.783. The highest BCUT2D eigenvalue weighted by molar-refractivity contribution is 9.10. The number of benzene rings is 1. The summed E-state index contributed by atoms with van der Waals surface area (Å²) < 4.78 is 1.06. The van der Waals surface area contributed by atoms with Gasteiger partial charge in [-0.25, -0.2) is 0 Å². The van der Waals surface area contributed by atoms with Crippen LogP contribution >= 0.6 is 15.9 Å². The minimum atomic E-state index is -0.279. The van der Waals surface area contributed by atoms with Gasteiger partial charge in [0.25, 0.3) is 0 Å². The van der Waals surface area contributed by atoms with Gasteiger partial charge in [-0.15, -0.1) is 0 Å². The van der Waals surface area contributed by atoms with E-state index in [9.17, 15) is 4.79 Å². The highest BCUT2D eigenvalue weighted by Crippen LogP contribution is 2.46. The first-order valence-electron chi connectivity index (χ1n) is 7.84.